The lowest BCUT2D eigenvalue weighted by Crippen LogP contribution is -2.66. The highest BCUT2D eigenvalue weighted by Gasteiger charge is 2.72. The van der Waals surface area contributed by atoms with Crippen molar-refractivity contribution in [2.24, 2.45) is 68.0 Å². The molecule has 55 heavy (non-hydrogen) atoms. The minimum absolute atomic E-state index is 0.0106. The first-order valence-corrected chi connectivity index (χ1v) is 20.9. The molecule has 8 N–H and O–H groups in total. The van der Waals surface area contributed by atoms with E-state index in [0.29, 0.717) is 30.1 Å². The number of carbonyl (C=O) groups excluding carboxylic acids is 1. The van der Waals surface area contributed by atoms with Gasteiger partial charge in [0, 0.05) is 19.4 Å². The zero-order valence-electron chi connectivity index (χ0n) is 35.2. The molecule has 11 nitrogen and oxygen atoms in total. The molecule has 0 aromatic rings. The third kappa shape index (κ3) is 7.85. The Morgan fingerprint density at radius 1 is 0.800 bits per heavy atom. The quantitative estimate of drug-likeness (QED) is 0.111. The molecule has 0 bridgehead atoms. The number of nitrogens with one attached hydrogen (secondary N) is 1. The van der Waals surface area contributed by atoms with Crippen molar-refractivity contribution in [2.45, 2.75) is 157 Å². The fraction of sp³-hybridized carbons (Fsp3) is 0.886. The van der Waals surface area contributed by atoms with Crippen molar-refractivity contribution in [1.29, 1.82) is 0 Å². The number of allylic oxidation sites excluding steroid dienone is 1. The standard InChI is InChI=1S/C37H58O5.C7H17NO5/c1-22(2)25-13-17-37(31(41)42)19-18-35(8)26(29(25)37)10-11-28-34(7)15-12-23(20-24(38)21-32(3,4)30(39)40)33(5,6)27(34)14-16-36(28,35)9;1-8-2-4(10)6(12)7(13)5(11)3-9/h23,25-29H,1,10-21H2,2-9H3,(H,39,40)(H,41,42);4-13H,2-3H2,1H3/t23-,25+,26-,27+,28-,29-,34+,35-,36-,37+;4-,5+,6+,7+/m10/s1. The Kier molecular flexibility index (Phi) is 13.7. The molecule has 5 rings (SSSR count). The number of aliphatic carboxylic acids is 2. The topological polar surface area (TPSA) is 205 Å². The van der Waals surface area contributed by atoms with E-state index in [2.05, 4.69) is 53.4 Å². The van der Waals surface area contributed by atoms with Gasteiger partial charge in [-0.15, -0.1) is 0 Å². The number of likely N-dealkylation sites (N-methyl/N-ethyl adjacent to an activating group) is 1. The number of carboxylic acids is 2. The van der Waals surface area contributed by atoms with Crippen LogP contribution in [-0.4, -0.2) is 98.1 Å². The molecule has 11 heteroatoms. The summed E-state index contributed by atoms with van der Waals surface area (Å²) in [5.74, 6) is 0.953. The summed E-state index contributed by atoms with van der Waals surface area (Å²) in [6.45, 7) is 21.7. The monoisotopic (exact) mass is 778 g/mol. The van der Waals surface area contributed by atoms with Crippen molar-refractivity contribution in [3.63, 3.8) is 0 Å². The molecule has 0 spiro atoms. The van der Waals surface area contributed by atoms with Crippen molar-refractivity contribution in [2.75, 3.05) is 20.2 Å². The highest BCUT2D eigenvalue weighted by Crippen LogP contribution is 2.78. The van der Waals surface area contributed by atoms with Gasteiger partial charge in [0.25, 0.3) is 0 Å². The minimum atomic E-state index is -1.55. The Bertz CT molecular complexity index is 1430. The number of aliphatic hydroxyl groups is 5. The van der Waals surface area contributed by atoms with E-state index in [1.807, 2.05) is 0 Å². The molecule has 14 atom stereocenters. The third-order valence-corrected chi connectivity index (χ3v) is 17.2. The maximum Gasteiger partial charge on any atom is 0.309 e. The Balaban J connectivity index is 0.000000444. The highest BCUT2D eigenvalue weighted by atomic mass is 16.4. The molecule has 0 aromatic heterocycles. The number of carboxylic acid groups (broad SMARTS) is 2. The maximum atomic E-state index is 13.2. The summed E-state index contributed by atoms with van der Waals surface area (Å²) in [5, 5.41) is 67.7. The van der Waals surface area contributed by atoms with Crippen LogP contribution in [0.4, 0.5) is 0 Å². The zero-order valence-corrected chi connectivity index (χ0v) is 35.2. The number of fused-ring (bicyclic) bond motifs is 7. The number of ketones is 1. The van der Waals surface area contributed by atoms with E-state index in [-0.39, 0.29) is 52.2 Å². The molecule has 5 aliphatic rings. The lowest BCUT2D eigenvalue weighted by molar-refractivity contribution is -0.243. The molecule has 0 radical (unpaired) electrons. The van der Waals surface area contributed by atoms with Gasteiger partial charge in [-0.25, -0.2) is 0 Å². The second kappa shape index (κ2) is 16.4. The van der Waals surface area contributed by atoms with Gasteiger partial charge >= 0.3 is 11.9 Å². The highest BCUT2D eigenvalue weighted by molar-refractivity contribution is 5.86. The van der Waals surface area contributed by atoms with Gasteiger partial charge in [-0.1, -0.05) is 46.8 Å². The number of Topliss-reactive ketones (excluding diaryl/α,β-unsaturated/α-hetero) is 1. The van der Waals surface area contributed by atoms with Gasteiger partial charge in [0.15, 0.2) is 0 Å². The van der Waals surface area contributed by atoms with E-state index in [1.165, 1.54) is 18.4 Å². The Morgan fingerprint density at radius 2 is 1.42 bits per heavy atom. The molecule has 0 unspecified atom stereocenters. The molecular weight excluding hydrogens is 702 g/mol. The average Bonchev–Trinajstić information content (AvgIpc) is 3.50. The Morgan fingerprint density at radius 3 is 1.96 bits per heavy atom. The van der Waals surface area contributed by atoms with E-state index < -0.39 is 53.8 Å². The Labute approximate surface area is 329 Å². The molecular formula is C44H75NO10. The van der Waals surface area contributed by atoms with Gasteiger partial charge in [-0.05, 0) is 149 Å². The third-order valence-electron chi connectivity index (χ3n) is 17.2. The van der Waals surface area contributed by atoms with Crippen LogP contribution in [0.3, 0.4) is 0 Å². The van der Waals surface area contributed by atoms with Gasteiger partial charge in [0.05, 0.1) is 23.5 Å². The van der Waals surface area contributed by atoms with Crippen LogP contribution in [0.25, 0.3) is 0 Å². The van der Waals surface area contributed by atoms with Crippen LogP contribution in [0, 0.1) is 68.0 Å². The fourth-order valence-electron chi connectivity index (χ4n) is 13.8. The van der Waals surface area contributed by atoms with E-state index >= 15 is 0 Å². The van der Waals surface area contributed by atoms with Crippen LogP contribution in [0.5, 0.6) is 0 Å². The molecule has 0 aliphatic heterocycles. The van der Waals surface area contributed by atoms with Gasteiger partial charge in [-0.3, -0.25) is 14.4 Å². The molecule has 0 aromatic carbocycles. The average molecular weight is 778 g/mol. The van der Waals surface area contributed by atoms with Crippen molar-refractivity contribution >= 4 is 17.7 Å². The summed E-state index contributed by atoms with van der Waals surface area (Å²) in [4.78, 5) is 37.8. The lowest BCUT2D eigenvalue weighted by atomic mass is 9.32. The van der Waals surface area contributed by atoms with E-state index in [4.69, 9.17) is 20.4 Å². The molecule has 316 valence electrons. The fourth-order valence-corrected chi connectivity index (χ4v) is 13.8. The number of aliphatic hydroxyl groups excluding tert-OH is 5. The number of hydrogen-bond donors (Lipinski definition) is 8. The molecule has 0 amide bonds. The van der Waals surface area contributed by atoms with Crippen LogP contribution in [0.1, 0.15) is 132 Å². The van der Waals surface area contributed by atoms with Gasteiger partial charge in [-0.2, -0.15) is 0 Å². The molecule has 0 heterocycles. The minimum Gasteiger partial charge on any atom is -0.481 e. The van der Waals surface area contributed by atoms with Crippen LogP contribution < -0.4 is 5.32 Å². The second-order valence-corrected chi connectivity index (χ2v) is 20.7. The number of carbonyl (C=O) groups is 3. The van der Waals surface area contributed by atoms with Gasteiger partial charge in [0.2, 0.25) is 0 Å². The first-order chi connectivity index (χ1) is 25.3. The van der Waals surface area contributed by atoms with Crippen molar-refractivity contribution in [3.05, 3.63) is 12.2 Å². The summed E-state index contributed by atoms with van der Waals surface area (Å²) in [7, 11) is 1.57. The second-order valence-electron chi connectivity index (χ2n) is 20.7. The maximum absolute atomic E-state index is 13.2. The van der Waals surface area contributed by atoms with E-state index in [0.717, 1.165) is 51.4 Å². The lowest BCUT2D eigenvalue weighted by Gasteiger charge is -2.73. The van der Waals surface area contributed by atoms with E-state index in [9.17, 15) is 29.7 Å². The Hall–Kier alpha value is -1.89. The van der Waals surface area contributed by atoms with Crippen LogP contribution in [0.15, 0.2) is 12.2 Å². The predicted octanol–water partition coefficient (Wildman–Crippen LogP) is 5.45. The summed E-state index contributed by atoms with van der Waals surface area (Å²) >= 11 is 0. The van der Waals surface area contributed by atoms with Gasteiger partial charge in [0.1, 0.15) is 24.1 Å². The first kappa shape index (κ1) is 45.8. The molecule has 0 saturated heterocycles. The number of hydrogen-bond acceptors (Lipinski definition) is 9. The van der Waals surface area contributed by atoms with Crippen LogP contribution in [-0.2, 0) is 14.4 Å². The largest absolute Gasteiger partial charge is 0.481 e. The number of rotatable bonds is 13. The summed E-state index contributed by atoms with van der Waals surface area (Å²) in [5.41, 5.74) is 0.0532. The molecule has 5 fully saturated rings. The predicted molar refractivity (Wildman–Crippen MR) is 211 cm³/mol. The van der Waals surface area contributed by atoms with Crippen LogP contribution in [0.2, 0.25) is 0 Å². The smallest absolute Gasteiger partial charge is 0.309 e. The zero-order chi connectivity index (χ0) is 41.7. The normalized spacial score (nSPS) is 40.0. The van der Waals surface area contributed by atoms with Crippen molar-refractivity contribution in [3.8, 4) is 0 Å². The summed E-state index contributed by atoms with van der Waals surface area (Å²) in [6, 6.07) is 0. The van der Waals surface area contributed by atoms with Crippen molar-refractivity contribution in [1.82, 2.24) is 5.32 Å². The summed E-state index contributed by atoms with van der Waals surface area (Å²) in [6.07, 6.45) is 5.28. The SMILES string of the molecule is C=C(C)[C@@H]1CC[C@]2(C(=O)O)CC[C@]3(C)[C@H](CC[C@@H]4[C@@]5(C)CC[C@H](CC(=O)CC(C)(C)C(=O)O)C(C)(C)[C@@H]5CC[C@]43C)[C@@H]12.CNC[C@H](O)[C@@H](O)[C@H](O)[C@H](O)CO. The van der Waals surface area contributed by atoms with E-state index in [1.54, 1.807) is 20.9 Å². The van der Waals surface area contributed by atoms with Gasteiger partial charge < -0.3 is 41.1 Å². The molecule has 5 aliphatic carbocycles. The first-order valence-electron chi connectivity index (χ1n) is 20.9. The van der Waals surface area contributed by atoms with Crippen LogP contribution >= 0.6 is 0 Å². The summed E-state index contributed by atoms with van der Waals surface area (Å²) < 4.78 is 0. The molecule has 5 saturated carbocycles. The van der Waals surface area contributed by atoms with Crippen molar-refractivity contribution < 1.29 is 50.1 Å².